The first-order valence-electron chi connectivity index (χ1n) is 6.45. The van der Waals surface area contributed by atoms with Crippen LogP contribution in [0.3, 0.4) is 0 Å². The zero-order chi connectivity index (χ0) is 14.8. The Hall–Kier alpha value is -1.16. The number of sulfone groups is 1. The minimum absolute atomic E-state index is 0.356. The lowest BCUT2D eigenvalue weighted by Crippen LogP contribution is -2.39. The molecule has 1 atom stereocenters. The fraction of sp³-hybridized carbons (Fsp3) is 0.533. The minimum Gasteiger partial charge on any atom is -0.292 e. The lowest BCUT2D eigenvalue weighted by atomic mass is 9.94. The highest BCUT2D eigenvalue weighted by Gasteiger charge is 2.38. The van der Waals surface area contributed by atoms with Gasteiger partial charge in [0.15, 0.2) is 15.6 Å². The second kappa shape index (κ2) is 5.45. The number of hydrogen-bond acceptors (Lipinski definition) is 3. The van der Waals surface area contributed by atoms with Crippen molar-refractivity contribution in [1.82, 2.24) is 0 Å². The monoisotopic (exact) mass is 282 g/mol. The number of carbonyl (C=O) groups is 1. The molecule has 0 aromatic heterocycles. The molecule has 1 unspecified atom stereocenters. The molecular formula is C15H22O3S. The van der Waals surface area contributed by atoms with E-state index in [-0.39, 0.29) is 5.78 Å². The van der Waals surface area contributed by atoms with Crippen LogP contribution in [-0.2, 0) is 9.84 Å². The molecule has 0 spiro atoms. The zero-order valence-electron chi connectivity index (χ0n) is 12.2. The Balaban J connectivity index is 3.09. The van der Waals surface area contributed by atoms with Crippen LogP contribution in [0.2, 0.25) is 0 Å². The lowest BCUT2D eigenvalue weighted by Gasteiger charge is -2.21. The van der Waals surface area contributed by atoms with Crippen molar-refractivity contribution in [3.8, 4) is 0 Å². The van der Waals surface area contributed by atoms with Gasteiger partial charge in [-0.3, -0.25) is 4.79 Å². The van der Waals surface area contributed by atoms with Gasteiger partial charge >= 0.3 is 0 Å². The molecule has 19 heavy (non-hydrogen) atoms. The molecule has 0 aliphatic rings. The number of rotatable bonds is 5. The van der Waals surface area contributed by atoms with Gasteiger partial charge in [0, 0.05) is 11.8 Å². The zero-order valence-corrected chi connectivity index (χ0v) is 13.0. The van der Waals surface area contributed by atoms with Crippen LogP contribution >= 0.6 is 0 Å². The third-order valence-corrected chi connectivity index (χ3v) is 5.87. The summed E-state index contributed by atoms with van der Waals surface area (Å²) in [6, 6.07) is 7.24. The minimum atomic E-state index is -3.43. The number of ketones is 1. The van der Waals surface area contributed by atoms with Crippen molar-refractivity contribution in [2.24, 2.45) is 0 Å². The van der Waals surface area contributed by atoms with E-state index in [1.807, 2.05) is 12.1 Å². The highest BCUT2D eigenvalue weighted by molar-refractivity contribution is 7.92. The summed E-state index contributed by atoms with van der Waals surface area (Å²) in [5, 5.41) is 0. The molecule has 1 aromatic rings. The van der Waals surface area contributed by atoms with E-state index in [2.05, 4.69) is 13.8 Å². The van der Waals surface area contributed by atoms with E-state index in [0.29, 0.717) is 11.5 Å². The van der Waals surface area contributed by atoms with Crippen LogP contribution in [0.25, 0.3) is 0 Å². The van der Waals surface area contributed by atoms with Gasteiger partial charge in [-0.05, 0) is 31.7 Å². The van der Waals surface area contributed by atoms with E-state index in [4.69, 9.17) is 0 Å². The van der Waals surface area contributed by atoms with Crippen molar-refractivity contribution < 1.29 is 13.2 Å². The smallest absolute Gasteiger partial charge is 0.183 e. The van der Waals surface area contributed by atoms with Crippen LogP contribution in [0.1, 0.15) is 56.0 Å². The number of hydrogen-bond donors (Lipinski definition) is 0. The molecule has 0 N–H and O–H groups in total. The summed E-state index contributed by atoms with van der Waals surface area (Å²) in [7, 11) is -3.43. The molecule has 0 aliphatic heterocycles. The average molecular weight is 282 g/mol. The van der Waals surface area contributed by atoms with Crippen molar-refractivity contribution in [3.63, 3.8) is 0 Å². The van der Waals surface area contributed by atoms with Gasteiger partial charge in [-0.15, -0.1) is 0 Å². The predicted molar refractivity (Wildman–Crippen MR) is 78.4 cm³/mol. The maximum atomic E-state index is 12.3. The Labute approximate surface area is 116 Å². The topological polar surface area (TPSA) is 51.2 Å². The van der Waals surface area contributed by atoms with E-state index < -0.39 is 14.6 Å². The van der Waals surface area contributed by atoms with Gasteiger partial charge in [0.05, 0.1) is 0 Å². The number of Topliss-reactive ketones (excluding diaryl/α,β-unsaturated/α-hetero) is 1. The van der Waals surface area contributed by atoms with Crippen LogP contribution in [0.4, 0.5) is 0 Å². The normalized spacial score (nSPS) is 14.2. The molecule has 106 valence electrons. The molecule has 0 amide bonds. The average Bonchev–Trinajstić information content (AvgIpc) is 2.35. The first kappa shape index (κ1) is 15.9. The molecule has 0 bridgehead atoms. The standard InChI is InChI=1S/C15H22O3S/c1-6-11(2)12-7-9-13(10-8-12)14(16)15(3,4)19(5,17)18/h7-11H,6H2,1-5H3. The van der Waals surface area contributed by atoms with Gasteiger partial charge in [0.25, 0.3) is 0 Å². The second-order valence-corrected chi connectivity index (χ2v) is 8.11. The van der Waals surface area contributed by atoms with E-state index >= 15 is 0 Å². The van der Waals surface area contributed by atoms with Crippen LogP contribution in [-0.4, -0.2) is 25.2 Å². The maximum absolute atomic E-state index is 12.3. The van der Waals surface area contributed by atoms with Gasteiger partial charge in [-0.1, -0.05) is 38.1 Å². The molecule has 0 aliphatic carbocycles. The predicted octanol–water partition coefficient (Wildman–Crippen LogP) is 3.21. The van der Waals surface area contributed by atoms with Crippen molar-refractivity contribution in [3.05, 3.63) is 35.4 Å². The van der Waals surface area contributed by atoms with Gasteiger partial charge < -0.3 is 0 Å². The van der Waals surface area contributed by atoms with E-state index in [1.54, 1.807) is 12.1 Å². The molecule has 1 rings (SSSR count). The largest absolute Gasteiger partial charge is 0.292 e. The Morgan fingerprint density at radius 1 is 1.21 bits per heavy atom. The van der Waals surface area contributed by atoms with Gasteiger partial charge in [0.2, 0.25) is 0 Å². The molecule has 0 heterocycles. The van der Waals surface area contributed by atoms with Crippen LogP contribution < -0.4 is 0 Å². The van der Waals surface area contributed by atoms with Gasteiger partial charge in [-0.2, -0.15) is 0 Å². The highest BCUT2D eigenvalue weighted by Crippen LogP contribution is 2.24. The first-order valence-corrected chi connectivity index (χ1v) is 8.34. The summed E-state index contributed by atoms with van der Waals surface area (Å²) in [6.45, 7) is 7.13. The summed E-state index contributed by atoms with van der Waals surface area (Å²) in [4.78, 5) is 12.3. The van der Waals surface area contributed by atoms with Gasteiger partial charge in [0.1, 0.15) is 4.75 Å². The fourth-order valence-corrected chi connectivity index (χ4v) is 2.17. The van der Waals surface area contributed by atoms with Crippen LogP contribution in [0, 0.1) is 0 Å². The second-order valence-electron chi connectivity index (χ2n) is 5.54. The summed E-state index contributed by atoms with van der Waals surface area (Å²) in [5.74, 6) is 0.0813. The quantitative estimate of drug-likeness (QED) is 0.779. The van der Waals surface area contributed by atoms with E-state index in [9.17, 15) is 13.2 Å². The molecule has 0 radical (unpaired) electrons. The molecule has 0 saturated carbocycles. The summed E-state index contributed by atoms with van der Waals surface area (Å²) in [5.41, 5.74) is 1.61. The summed E-state index contributed by atoms with van der Waals surface area (Å²) < 4.78 is 22.0. The molecule has 0 fully saturated rings. The number of benzene rings is 1. The number of carbonyl (C=O) groups excluding carboxylic acids is 1. The van der Waals surface area contributed by atoms with Crippen LogP contribution in [0.15, 0.2) is 24.3 Å². The molecule has 0 saturated heterocycles. The molecule has 1 aromatic carbocycles. The molecular weight excluding hydrogens is 260 g/mol. The van der Waals surface area contributed by atoms with Crippen molar-refractivity contribution >= 4 is 15.6 Å². The van der Waals surface area contributed by atoms with E-state index in [0.717, 1.165) is 18.2 Å². The SMILES string of the molecule is CCC(C)c1ccc(C(=O)C(C)(C)S(C)(=O)=O)cc1. The Morgan fingerprint density at radius 3 is 2.05 bits per heavy atom. The van der Waals surface area contributed by atoms with Crippen molar-refractivity contribution in [1.29, 1.82) is 0 Å². The summed E-state index contributed by atoms with van der Waals surface area (Å²) >= 11 is 0. The van der Waals surface area contributed by atoms with Crippen molar-refractivity contribution in [2.45, 2.75) is 44.8 Å². The maximum Gasteiger partial charge on any atom is 0.183 e. The van der Waals surface area contributed by atoms with Gasteiger partial charge in [-0.25, -0.2) is 8.42 Å². The molecule has 3 nitrogen and oxygen atoms in total. The highest BCUT2D eigenvalue weighted by atomic mass is 32.2. The fourth-order valence-electron chi connectivity index (χ4n) is 1.71. The van der Waals surface area contributed by atoms with Crippen molar-refractivity contribution in [2.75, 3.05) is 6.26 Å². The third-order valence-electron chi connectivity index (χ3n) is 3.83. The lowest BCUT2D eigenvalue weighted by molar-refractivity contribution is 0.0954. The Bertz CT molecular complexity index is 554. The Morgan fingerprint density at radius 2 is 1.68 bits per heavy atom. The Kier molecular flexibility index (Phi) is 4.56. The molecule has 4 heteroatoms. The van der Waals surface area contributed by atoms with E-state index in [1.165, 1.54) is 13.8 Å². The van der Waals surface area contributed by atoms with Crippen LogP contribution in [0.5, 0.6) is 0 Å². The first-order chi connectivity index (χ1) is 8.61. The summed E-state index contributed by atoms with van der Waals surface area (Å²) in [6.07, 6.45) is 2.13. The third kappa shape index (κ3) is 3.24.